The zero-order chi connectivity index (χ0) is 13.0. The number of carboxylic acid groups (broad SMARTS) is 1. The number of hydrogen-bond donors (Lipinski definition) is 2. The number of nitrogens with zero attached hydrogens (tertiary/aromatic N) is 1. The van der Waals surface area contributed by atoms with E-state index in [1.165, 1.54) is 0 Å². The zero-order valence-electron chi connectivity index (χ0n) is 10.1. The molecular weight excluding hydrogens is 232 g/mol. The molecule has 0 spiro atoms. The van der Waals surface area contributed by atoms with Crippen molar-refractivity contribution < 1.29 is 14.7 Å². The van der Waals surface area contributed by atoms with Crippen LogP contribution in [0.3, 0.4) is 0 Å². The lowest BCUT2D eigenvalue weighted by molar-refractivity contribution is -0.136. The van der Waals surface area contributed by atoms with Crippen LogP contribution in [0.2, 0.25) is 0 Å². The quantitative estimate of drug-likeness (QED) is 0.801. The van der Waals surface area contributed by atoms with Crippen molar-refractivity contribution in [2.75, 3.05) is 19.6 Å². The van der Waals surface area contributed by atoms with Crippen LogP contribution in [0, 0.1) is 0 Å². The first-order valence-corrected chi connectivity index (χ1v) is 5.92. The first-order chi connectivity index (χ1) is 8.63. The molecule has 18 heavy (non-hydrogen) atoms. The summed E-state index contributed by atoms with van der Waals surface area (Å²) >= 11 is 0. The standard InChI is InChI=1S/C13H16N2O3/c16-12-9-15(6-5-14-12)8-11-3-1-10(2-4-11)7-13(17)18/h1-4H,5-9H2,(H,14,16)(H,17,18). The molecule has 5 nitrogen and oxygen atoms in total. The maximum Gasteiger partial charge on any atom is 0.307 e. The van der Waals surface area contributed by atoms with Gasteiger partial charge in [0.1, 0.15) is 0 Å². The van der Waals surface area contributed by atoms with E-state index in [9.17, 15) is 9.59 Å². The second-order valence-corrected chi connectivity index (χ2v) is 4.45. The molecule has 1 aromatic rings. The highest BCUT2D eigenvalue weighted by Gasteiger charge is 2.15. The lowest BCUT2D eigenvalue weighted by atomic mass is 10.1. The molecule has 1 fully saturated rings. The summed E-state index contributed by atoms with van der Waals surface area (Å²) in [6, 6.07) is 7.50. The lowest BCUT2D eigenvalue weighted by Crippen LogP contribution is -2.47. The van der Waals surface area contributed by atoms with E-state index in [1.54, 1.807) is 0 Å². The second-order valence-electron chi connectivity index (χ2n) is 4.45. The fraction of sp³-hybridized carbons (Fsp3) is 0.385. The van der Waals surface area contributed by atoms with E-state index in [4.69, 9.17) is 5.11 Å². The molecule has 0 unspecified atom stereocenters. The smallest absolute Gasteiger partial charge is 0.307 e. The Morgan fingerprint density at radius 3 is 2.56 bits per heavy atom. The largest absolute Gasteiger partial charge is 0.481 e. The van der Waals surface area contributed by atoms with Crippen molar-refractivity contribution in [1.82, 2.24) is 10.2 Å². The van der Waals surface area contributed by atoms with E-state index in [0.717, 1.165) is 24.2 Å². The van der Waals surface area contributed by atoms with Crippen LogP contribution in [0.5, 0.6) is 0 Å². The number of carbonyl (C=O) groups excluding carboxylic acids is 1. The van der Waals surface area contributed by atoms with E-state index >= 15 is 0 Å². The van der Waals surface area contributed by atoms with E-state index in [0.29, 0.717) is 13.1 Å². The lowest BCUT2D eigenvalue weighted by Gasteiger charge is -2.26. The van der Waals surface area contributed by atoms with Crippen LogP contribution in [0.25, 0.3) is 0 Å². The third-order valence-corrected chi connectivity index (χ3v) is 2.90. The maximum atomic E-state index is 11.2. The van der Waals surface area contributed by atoms with Crippen molar-refractivity contribution in [2.24, 2.45) is 0 Å². The minimum absolute atomic E-state index is 0.0480. The summed E-state index contributed by atoms with van der Waals surface area (Å²) in [5, 5.41) is 11.5. The van der Waals surface area contributed by atoms with Gasteiger partial charge in [-0.05, 0) is 11.1 Å². The van der Waals surface area contributed by atoms with E-state index in [-0.39, 0.29) is 12.3 Å². The minimum atomic E-state index is -0.824. The molecule has 1 heterocycles. The molecule has 1 amide bonds. The van der Waals surface area contributed by atoms with Gasteiger partial charge in [0.25, 0.3) is 0 Å². The maximum absolute atomic E-state index is 11.2. The Balaban J connectivity index is 1.93. The van der Waals surface area contributed by atoms with Crippen LogP contribution in [0.15, 0.2) is 24.3 Å². The third kappa shape index (κ3) is 3.56. The number of rotatable bonds is 4. The monoisotopic (exact) mass is 248 g/mol. The molecule has 2 N–H and O–H groups in total. The van der Waals surface area contributed by atoms with Crippen molar-refractivity contribution in [3.63, 3.8) is 0 Å². The third-order valence-electron chi connectivity index (χ3n) is 2.90. The Morgan fingerprint density at radius 2 is 1.94 bits per heavy atom. The molecule has 0 aliphatic carbocycles. The molecule has 2 rings (SSSR count). The predicted octanol–water partition coefficient (Wildman–Crippen LogP) is 0.246. The second kappa shape index (κ2) is 5.64. The highest BCUT2D eigenvalue weighted by molar-refractivity contribution is 5.78. The van der Waals surface area contributed by atoms with Gasteiger partial charge in [0.15, 0.2) is 0 Å². The number of benzene rings is 1. The number of carboxylic acids is 1. The fourth-order valence-corrected chi connectivity index (χ4v) is 2.02. The molecule has 1 aliphatic heterocycles. The van der Waals surface area contributed by atoms with Crippen LogP contribution in [-0.2, 0) is 22.6 Å². The van der Waals surface area contributed by atoms with Crippen LogP contribution in [0.1, 0.15) is 11.1 Å². The van der Waals surface area contributed by atoms with E-state index < -0.39 is 5.97 Å². The van der Waals surface area contributed by atoms with Gasteiger partial charge in [-0.2, -0.15) is 0 Å². The molecule has 0 aromatic heterocycles. The Kier molecular flexibility index (Phi) is 3.94. The predicted molar refractivity (Wildman–Crippen MR) is 66.1 cm³/mol. The van der Waals surface area contributed by atoms with Gasteiger partial charge in [0.05, 0.1) is 13.0 Å². The summed E-state index contributed by atoms with van der Waals surface area (Å²) in [7, 11) is 0. The van der Waals surface area contributed by atoms with Gasteiger partial charge in [-0.1, -0.05) is 24.3 Å². The topological polar surface area (TPSA) is 69.6 Å². The zero-order valence-corrected chi connectivity index (χ0v) is 10.1. The first kappa shape index (κ1) is 12.6. The van der Waals surface area contributed by atoms with Gasteiger partial charge in [0, 0.05) is 19.6 Å². The molecule has 1 aromatic carbocycles. The summed E-state index contributed by atoms with van der Waals surface area (Å²) in [6.07, 6.45) is 0.0480. The first-order valence-electron chi connectivity index (χ1n) is 5.92. The highest BCUT2D eigenvalue weighted by atomic mass is 16.4. The van der Waals surface area contributed by atoms with Gasteiger partial charge < -0.3 is 10.4 Å². The van der Waals surface area contributed by atoms with Crippen molar-refractivity contribution >= 4 is 11.9 Å². The SMILES string of the molecule is O=C(O)Cc1ccc(CN2CCNC(=O)C2)cc1. The van der Waals surface area contributed by atoms with Crippen molar-refractivity contribution in [3.05, 3.63) is 35.4 Å². The molecule has 5 heteroatoms. The molecule has 1 aliphatic rings. The van der Waals surface area contributed by atoms with Gasteiger partial charge in [-0.3, -0.25) is 14.5 Å². The number of amides is 1. The van der Waals surface area contributed by atoms with Gasteiger partial charge in [-0.25, -0.2) is 0 Å². The molecule has 0 atom stereocenters. The van der Waals surface area contributed by atoms with E-state index in [1.807, 2.05) is 24.3 Å². The average Bonchev–Trinajstić information content (AvgIpc) is 2.31. The summed E-state index contributed by atoms with van der Waals surface area (Å²) in [5.74, 6) is -0.765. The highest BCUT2D eigenvalue weighted by Crippen LogP contribution is 2.09. The van der Waals surface area contributed by atoms with Gasteiger partial charge in [-0.15, -0.1) is 0 Å². The van der Waals surface area contributed by atoms with E-state index in [2.05, 4.69) is 10.2 Å². The van der Waals surface area contributed by atoms with Crippen LogP contribution < -0.4 is 5.32 Å². The van der Waals surface area contributed by atoms with Crippen molar-refractivity contribution in [1.29, 1.82) is 0 Å². The number of piperazine rings is 1. The summed E-state index contributed by atoms with van der Waals surface area (Å²) in [5.41, 5.74) is 1.89. The van der Waals surface area contributed by atoms with Gasteiger partial charge >= 0.3 is 5.97 Å². The molecule has 0 saturated carbocycles. The average molecular weight is 248 g/mol. The Labute approximate surface area is 105 Å². The Hall–Kier alpha value is -1.88. The van der Waals surface area contributed by atoms with Crippen molar-refractivity contribution in [2.45, 2.75) is 13.0 Å². The number of hydrogen-bond acceptors (Lipinski definition) is 3. The molecular formula is C13H16N2O3. The van der Waals surface area contributed by atoms with Crippen molar-refractivity contribution in [3.8, 4) is 0 Å². The summed E-state index contributed by atoms with van der Waals surface area (Å²) in [6.45, 7) is 2.69. The van der Waals surface area contributed by atoms with Crippen LogP contribution in [0.4, 0.5) is 0 Å². The number of aliphatic carboxylic acids is 1. The molecule has 96 valence electrons. The van der Waals surface area contributed by atoms with Gasteiger partial charge in [0.2, 0.25) is 5.91 Å². The summed E-state index contributed by atoms with van der Waals surface area (Å²) < 4.78 is 0. The Bertz CT molecular complexity index is 442. The Morgan fingerprint density at radius 1 is 1.28 bits per heavy atom. The molecule has 0 bridgehead atoms. The molecule has 0 radical (unpaired) electrons. The number of carbonyl (C=O) groups is 2. The van der Waals surface area contributed by atoms with Crippen LogP contribution >= 0.6 is 0 Å². The summed E-state index contributed by atoms with van der Waals surface area (Å²) in [4.78, 5) is 23.8. The van der Waals surface area contributed by atoms with Crippen LogP contribution in [-0.4, -0.2) is 41.5 Å². The normalized spacial score (nSPS) is 16.3. The fourth-order valence-electron chi connectivity index (χ4n) is 2.02. The molecule has 1 saturated heterocycles. The number of nitrogens with one attached hydrogen (secondary N) is 1. The minimum Gasteiger partial charge on any atom is -0.481 e.